The predicted octanol–water partition coefficient (Wildman–Crippen LogP) is 5.52. The van der Waals surface area contributed by atoms with Gasteiger partial charge >= 0.3 is 5.97 Å². The van der Waals surface area contributed by atoms with Crippen LogP contribution in [0.2, 0.25) is 0 Å². The zero-order valence-corrected chi connectivity index (χ0v) is 20.6. The molecule has 0 aromatic heterocycles. The van der Waals surface area contributed by atoms with Crippen LogP contribution in [0.1, 0.15) is 63.5 Å². The highest BCUT2D eigenvalue weighted by Gasteiger charge is 2.46. The van der Waals surface area contributed by atoms with E-state index in [4.69, 9.17) is 4.74 Å². The van der Waals surface area contributed by atoms with Crippen molar-refractivity contribution in [1.29, 1.82) is 0 Å². The molecule has 2 aromatic rings. The Morgan fingerprint density at radius 1 is 1.03 bits per heavy atom. The Bertz CT molecular complexity index is 912. The van der Waals surface area contributed by atoms with Crippen LogP contribution in [0.5, 0.6) is 5.75 Å². The molecule has 2 rings (SSSR count). The summed E-state index contributed by atoms with van der Waals surface area (Å²) in [6, 6.07) is 14.2. The lowest BCUT2D eigenvalue weighted by atomic mass is 9.81. The molecule has 0 spiro atoms. The average Bonchev–Trinajstić information content (AvgIpc) is 2.77. The van der Waals surface area contributed by atoms with Crippen LogP contribution in [0.15, 0.2) is 48.5 Å². The van der Waals surface area contributed by atoms with E-state index in [1.165, 1.54) is 20.0 Å². The fourth-order valence-corrected chi connectivity index (χ4v) is 4.25. The van der Waals surface area contributed by atoms with Crippen LogP contribution in [0, 0.1) is 5.92 Å². The van der Waals surface area contributed by atoms with Crippen LogP contribution in [-0.4, -0.2) is 43.1 Å². The number of aliphatic carboxylic acids is 1. The van der Waals surface area contributed by atoms with E-state index in [1.54, 1.807) is 49.3 Å². The van der Waals surface area contributed by atoms with Crippen molar-refractivity contribution in [2.45, 2.75) is 57.9 Å². The summed E-state index contributed by atoms with van der Waals surface area (Å²) in [6.45, 7) is 4.46. The fraction of sp³-hybridized carbons (Fsp3) is 0.481. The molecule has 2 aromatic carbocycles. The lowest BCUT2D eigenvalue weighted by Gasteiger charge is -2.37. The summed E-state index contributed by atoms with van der Waals surface area (Å²) >= 11 is 0. The molecule has 2 N–H and O–H groups in total. The highest BCUT2D eigenvalue weighted by atomic mass is 16.5. The Balaban J connectivity index is 2.19. The second kappa shape index (κ2) is 12.4. The summed E-state index contributed by atoms with van der Waals surface area (Å²) in [7, 11) is 4.98. The summed E-state index contributed by atoms with van der Waals surface area (Å²) in [5.41, 5.74) is 0.268. The number of nitrogens with zero attached hydrogens (tertiary/aromatic N) is 1. The first-order valence-corrected chi connectivity index (χ1v) is 11.7. The summed E-state index contributed by atoms with van der Waals surface area (Å²) in [5.74, 6) is 0.0713. The predicted molar refractivity (Wildman–Crippen MR) is 133 cm³/mol. The van der Waals surface area contributed by atoms with Gasteiger partial charge in [0, 0.05) is 23.7 Å². The third-order valence-electron chi connectivity index (χ3n) is 5.98. The Morgan fingerprint density at radius 2 is 1.70 bits per heavy atom. The number of carboxylic acid groups (broad SMARTS) is 1. The van der Waals surface area contributed by atoms with Gasteiger partial charge in [-0.15, -0.1) is 0 Å². The molecule has 180 valence electrons. The lowest BCUT2D eigenvalue weighted by molar-refractivity contribution is -0.148. The molecule has 0 heterocycles. The van der Waals surface area contributed by atoms with E-state index >= 15 is 0 Å². The van der Waals surface area contributed by atoms with E-state index in [1.807, 2.05) is 18.2 Å². The Labute approximate surface area is 198 Å². The molecule has 1 unspecified atom stereocenters. The van der Waals surface area contributed by atoms with Gasteiger partial charge in [0.1, 0.15) is 5.75 Å². The molecule has 6 nitrogen and oxygen atoms in total. The van der Waals surface area contributed by atoms with Crippen molar-refractivity contribution in [2.75, 3.05) is 26.5 Å². The molecule has 33 heavy (non-hydrogen) atoms. The lowest BCUT2D eigenvalue weighted by Crippen LogP contribution is -2.49. The number of carboxylic acids is 1. The van der Waals surface area contributed by atoms with Crippen molar-refractivity contribution < 1.29 is 19.4 Å². The maximum Gasteiger partial charge on any atom is 0.333 e. The highest BCUT2D eigenvalue weighted by molar-refractivity contribution is 5.92. The molecule has 6 heteroatoms. The topological polar surface area (TPSA) is 78.9 Å². The maximum absolute atomic E-state index is 12.7. The zero-order chi connectivity index (χ0) is 24.4. The average molecular weight is 455 g/mol. The monoisotopic (exact) mass is 454 g/mol. The number of anilines is 1. The molecule has 0 saturated carbocycles. The van der Waals surface area contributed by atoms with Crippen LogP contribution in [0.3, 0.4) is 0 Å². The molecular weight excluding hydrogens is 416 g/mol. The highest BCUT2D eigenvalue weighted by Crippen LogP contribution is 2.41. The van der Waals surface area contributed by atoms with E-state index in [0.717, 1.165) is 25.2 Å². The first kappa shape index (κ1) is 26.4. The minimum atomic E-state index is -1.44. The van der Waals surface area contributed by atoms with Crippen molar-refractivity contribution in [2.24, 2.45) is 5.92 Å². The number of amides is 1. The van der Waals surface area contributed by atoms with Gasteiger partial charge in [0.15, 0.2) is 5.54 Å². The van der Waals surface area contributed by atoms with Gasteiger partial charge in [-0.2, -0.15) is 0 Å². The normalized spacial score (nSPS) is 13.1. The van der Waals surface area contributed by atoms with Crippen LogP contribution in [0.25, 0.3) is 0 Å². The van der Waals surface area contributed by atoms with Crippen LogP contribution in [-0.2, 0) is 15.1 Å². The number of likely N-dealkylation sites (N-methyl/N-ethyl adjacent to an activating group) is 1. The second-order valence-electron chi connectivity index (χ2n) is 9.09. The summed E-state index contributed by atoms with van der Waals surface area (Å²) in [4.78, 5) is 26.7. The number of unbranched alkanes of at least 4 members (excludes halogenated alkanes) is 3. The number of ether oxygens (including phenoxy) is 1. The molecule has 0 saturated heterocycles. The van der Waals surface area contributed by atoms with Crippen LogP contribution < -0.4 is 10.1 Å². The largest absolute Gasteiger partial charge is 0.496 e. The molecule has 0 bridgehead atoms. The van der Waals surface area contributed by atoms with Crippen LogP contribution >= 0.6 is 0 Å². The molecule has 1 amide bonds. The zero-order valence-electron chi connectivity index (χ0n) is 20.6. The molecular formula is C27H38N2O4. The quantitative estimate of drug-likeness (QED) is 0.390. The number of methoxy groups -OCH3 is 1. The molecule has 0 radical (unpaired) electrons. The van der Waals surface area contributed by atoms with E-state index < -0.39 is 11.5 Å². The van der Waals surface area contributed by atoms with E-state index in [9.17, 15) is 14.7 Å². The standard InChI is InChI=1S/C27H38N2O4/c1-20(2)13-9-6-7-12-16-25(30)28-22-17-18-23(24(19-22)33-5)27(26(31)32,29(3)4)21-14-10-8-11-15-21/h8,10-11,14-15,17-20H,6-7,9,12-13,16H2,1-5H3,(H,28,30)(H,31,32). The third-order valence-corrected chi connectivity index (χ3v) is 5.98. The number of rotatable bonds is 13. The van der Waals surface area contributed by atoms with Crippen LogP contribution in [0.4, 0.5) is 5.69 Å². The van der Waals surface area contributed by atoms with Crippen molar-refractivity contribution in [3.63, 3.8) is 0 Å². The van der Waals surface area contributed by atoms with Crippen molar-refractivity contribution in [3.8, 4) is 5.75 Å². The molecule has 0 aliphatic carbocycles. The van der Waals surface area contributed by atoms with Crippen molar-refractivity contribution >= 4 is 17.6 Å². The fourth-order valence-electron chi connectivity index (χ4n) is 4.25. The van der Waals surface area contributed by atoms with E-state index in [-0.39, 0.29) is 5.91 Å². The van der Waals surface area contributed by atoms with E-state index in [2.05, 4.69) is 19.2 Å². The molecule has 0 aliphatic rings. The third kappa shape index (κ3) is 6.57. The molecule has 0 aliphatic heterocycles. The minimum Gasteiger partial charge on any atom is -0.496 e. The summed E-state index contributed by atoms with van der Waals surface area (Å²) in [6.07, 6.45) is 5.95. The Kier molecular flexibility index (Phi) is 9.92. The second-order valence-corrected chi connectivity index (χ2v) is 9.09. The molecule has 0 fully saturated rings. The molecule has 1 atom stereocenters. The number of carbonyl (C=O) groups is 2. The SMILES string of the molecule is COc1cc(NC(=O)CCCCCCC(C)C)ccc1C(C(=O)O)(c1ccccc1)N(C)C. The van der Waals surface area contributed by atoms with Gasteiger partial charge in [-0.25, -0.2) is 4.79 Å². The van der Waals surface area contributed by atoms with E-state index in [0.29, 0.717) is 29.0 Å². The first-order valence-electron chi connectivity index (χ1n) is 11.7. The summed E-state index contributed by atoms with van der Waals surface area (Å²) < 4.78 is 5.60. The van der Waals surface area contributed by atoms with Crippen molar-refractivity contribution in [1.82, 2.24) is 4.90 Å². The van der Waals surface area contributed by atoms with Gasteiger partial charge < -0.3 is 15.2 Å². The van der Waals surface area contributed by atoms with Gasteiger partial charge in [0.2, 0.25) is 5.91 Å². The summed E-state index contributed by atoms with van der Waals surface area (Å²) in [5, 5.41) is 13.3. The van der Waals surface area contributed by atoms with Gasteiger partial charge in [-0.1, -0.05) is 75.9 Å². The van der Waals surface area contributed by atoms with Gasteiger partial charge in [-0.3, -0.25) is 9.69 Å². The van der Waals surface area contributed by atoms with Gasteiger partial charge in [-0.05, 0) is 38.1 Å². The number of hydrogen-bond donors (Lipinski definition) is 2. The van der Waals surface area contributed by atoms with Crippen molar-refractivity contribution in [3.05, 3.63) is 59.7 Å². The Morgan fingerprint density at radius 3 is 2.27 bits per heavy atom. The van der Waals surface area contributed by atoms with Gasteiger partial charge in [0.05, 0.1) is 7.11 Å². The van der Waals surface area contributed by atoms with Gasteiger partial charge in [0.25, 0.3) is 0 Å². The minimum absolute atomic E-state index is 0.0474. The first-order chi connectivity index (χ1) is 15.7. The number of carbonyl (C=O) groups excluding carboxylic acids is 1. The Hall–Kier alpha value is -2.86. The number of hydrogen-bond acceptors (Lipinski definition) is 4. The maximum atomic E-state index is 12.7. The smallest absolute Gasteiger partial charge is 0.333 e. The number of benzene rings is 2. The number of nitrogens with one attached hydrogen (secondary N) is 1.